The van der Waals surface area contributed by atoms with E-state index in [2.05, 4.69) is 24.1 Å². The molecule has 0 amide bonds. The molecule has 0 aromatic heterocycles. The molecule has 21 heavy (non-hydrogen) atoms. The van der Waals surface area contributed by atoms with E-state index in [0.29, 0.717) is 0 Å². The molecular formula is C16H23ClF2N2. The first-order valence-corrected chi connectivity index (χ1v) is 8.02. The molecule has 1 N–H and O–H groups in total. The number of hydrogen-bond donors (Lipinski definition) is 1. The summed E-state index contributed by atoms with van der Waals surface area (Å²) in [5.41, 5.74) is 0.130. The fourth-order valence-corrected chi connectivity index (χ4v) is 3.38. The number of piperazine rings is 1. The third-order valence-corrected chi connectivity index (χ3v) is 4.50. The van der Waals surface area contributed by atoms with Gasteiger partial charge in [0.1, 0.15) is 11.6 Å². The van der Waals surface area contributed by atoms with Crippen molar-refractivity contribution >= 4 is 11.6 Å². The molecule has 2 nitrogen and oxygen atoms in total. The summed E-state index contributed by atoms with van der Waals surface area (Å²) in [6.45, 7) is 7.44. The van der Waals surface area contributed by atoms with Crippen molar-refractivity contribution in [1.82, 2.24) is 10.2 Å². The second kappa shape index (κ2) is 7.52. The van der Waals surface area contributed by atoms with Gasteiger partial charge >= 0.3 is 0 Å². The molecular weight excluding hydrogens is 294 g/mol. The van der Waals surface area contributed by atoms with Crippen molar-refractivity contribution in [2.75, 3.05) is 26.2 Å². The van der Waals surface area contributed by atoms with Gasteiger partial charge in [0.2, 0.25) is 0 Å². The predicted molar refractivity (Wildman–Crippen MR) is 82.6 cm³/mol. The van der Waals surface area contributed by atoms with Crippen LogP contribution < -0.4 is 5.32 Å². The van der Waals surface area contributed by atoms with Crippen molar-refractivity contribution in [2.24, 2.45) is 5.92 Å². The molecule has 1 aromatic carbocycles. The van der Waals surface area contributed by atoms with Gasteiger partial charge in [0, 0.05) is 37.8 Å². The largest absolute Gasteiger partial charge is 0.314 e. The van der Waals surface area contributed by atoms with Crippen molar-refractivity contribution in [3.8, 4) is 0 Å². The Hall–Kier alpha value is -0.710. The third kappa shape index (κ3) is 3.74. The maximum absolute atomic E-state index is 14.5. The molecule has 5 heteroatoms. The Balaban J connectivity index is 2.41. The predicted octanol–water partition coefficient (Wildman–Crippen LogP) is 4.00. The summed E-state index contributed by atoms with van der Waals surface area (Å²) in [4.78, 5) is 2.18. The molecule has 1 unspecified atom stereocenters. The van der Waals surface area contributed by atoms with E-state index in [1.54, 1.807) is 0 Å². The SMILES string of the molecule is CCCC(C)[C@H](c1c(F)ccc(Cl)c1F)N1CCNCC1. The number of benzene rings is 1. The average molecular weight is 317 g/mol. The fourth-order valence-electron chi connectivity index (χ4n) is 3.21. The number of nitrogens with zero attached hydrogens (tertiary/aromatic N) is 1. The zero-order valence-electron chi connectivity index (χ0n) is 12.6. The second-order valence-electron chi connectivity index (χ2n) is 5.75. The van der Waals surface area contributed by atoms with Gasteiger partial charge < -0.3 is 5.32 Å². The summed E-state index contributed by atoms with van der Waals surface area (Å²) in [5, 5.41) is 3.27. The third-order valence-electron chi connectivity index (χ3n) is 4.20. The number of nitrogens with one attached hydrogen (secondary N) is 1. The second-order valence-corrected chi connectivity index (χ2v) is 6.16. The topological polar surface area (TPSA) is 15.3 Å². The lowest BCUT2D eigenvalue weighted by atomic mass is 9.88. The molecule has 0 radical (unpaired) electrons. The van der Waals surface area contributed by atoms with E-state index in [9.17, 15) is 8.78 Å². The molecule has 0 spiro atoms. The van der Waals surface area contributed by atoms with Crippen LogP contribution in [0, 0.1) is 17.6 Å². The molecule has 1 fully saturated rings. The van der Waals surface area contributed by atoms with Gasteiger partial charge in [-0.2, -0.15) is 0 Å². The van der Waals surface area contributed by atoms with Crippen LogP contribution in [0.3, 0.4) is 0 Å². The first-order valence-electron chi connectivity index (χ1n) is 7.64. The first kappa shape index (κ1) is 16.7. The summed E-state index contributed by atoms with van der Waals surface area (Å²) in [6, 6.07) is 2.30. The Kier molecular flexibility index (Phi) is 5.97. The highest BCUT2D eigenvalue weighted by atomic mass is 35.5. The summed E-state index contributed by atoms with van der Waals surface area (Å²) >= 11 is 5.88. The minimum Gasteiger partial charge on any atom is -0.314 e. The van der Waals surface area contributed by atoms with Gasteiger partial charge in [-0.15, -0.1) is 0 Å². The Morgan fingerprint density at radius 3 is 2.57 bits per heavy atom. The molecule has 2 rings (SSSR count). The van der Waals surface area contributed by atoms with Crippen molar-refractivity contribution in [1.29, 1.82) is 0 Å². The zero-order chi connectivity index (χ0) is 15.4. The number of rotatable bonds is 5. The monoisotopic (exact) mass is 316 g/mol. The summed E-state index contributed by atoms with van der Waals surface area (Å²) < 4.78 is 28.7. The van der Waals surface area contributed by atoms with E-state index in [0.717, 1.165) is 39.0 Å². The van der Waals surface area contributed by atoms with Crippen LogP contribution in [0.15, 0.2) is 12.1 Å². The lowest BCUT2D eigenvalue weighted by molar-refractivity contribution is 0.120. The molecule has 0 saturated carbocycles. The number of hydrogen-bond acceptors (Lipinski definition) is 2. The van der Waals surface area contributed by atoms with E-state index in [-0.39, 0.29) is 22.5 Å². The van der Waals surface area contributed by atoms with Gasteiger partial charge in [-0.1, -0.05) is 31.9 Å². The van der Waals surface area contributed by atoms with Crippen LogP contribution in [0.1, 0.15) is 38.3 Å². The maximum Gasteiger partial charge on any atom is 0.149 e. The average Bonchev–Trinajstić information content (AvgIpc) is 2.48. The molecule has 118 valence electrons. The highest BCUT2D eigenvalue weighted by Gasteiger charge is 2.32. The Morgan fingerprint density at radius 1 is 1.29 bits per heavy atom. The summed E-state index contributed by atoms with van der Waals surface area (Å²) in [5.74, 6) is -0.929. The molecule has 0 bridgehead atoms. The van der Waals surface area contributed by atoms with Crippen LogP contribution in [-0.4, -0.2) is 31.1 Å². The molecule has 2 atom stereocenters. The van der Waals surface area contributed by atoms with Gasteiger partial charge in [0.15, 0.2) is 0 Å². The van der Waals surface area contributed by atoms with Crippen LogP contribution in [-0.2, 0) is 0 Å². The number of halogens is 3. The van der Waals surface area contributed by atoms with E-state index < -0.39 is 11.6 Å². The smallest absolute Gasteiger partial charge is 0.149 e. The summed E-state index contributed by atoms with van der Waals surface area (Å²) in [6.07, 6.45) is 1.92. The van der Waals surface area contributed by atoms with Gasteiger partial charge in [-0.25, -0.2) is 8.78 Å². The van der Waals surface area contributed by atoms with E-state index in [1.165, 1.54) is 12.1 Å². The molecule has 0 aliphatic carbocycles. The van der Waals surface area contributed by atoms with Gasteiger partial charge in [0.05, 0.1) is 5.02 Å². The van der Waals surface area contributed by atoms with Crippen molar-refractivity contribution in [3.63, 3.8) is 0 Å². The van der Waals surface area contributed by atoms with E-state index >= 15 is 0 Å². The highest BCUT2D eigenvalue weighted by Crippen LogP contribution is 2.36. The molecule has 1 aliphatic heterocycles. The molecule has 1 saturated heterocycles. The molecule has 1 heterocycles. The van der Waals surface area contributed by atoms with Crippen LogP contribution >= 0.6 is 11.6 Å². The van der Waals surface area contributed by atoms with Crippen molar-refractivity contribution in [2.45, 2.75) is 32.7 Å². The van der Waals surface area contributed by atoms with Crippen molar-refractivity contribution < 1.29 is 8.78 Å². The molecule has 1 aromatic rings. The quantitative estimate of drug-likeness (QED) is 0.826. The van der Waals surface area contributed by atoms with E-state index in [4.69, 9.17) is 11.6 Å². The standard InChI is InChI=1S/C16H23ClF2N2/c1-3-4-11(2)16(21-9-7-20-8-10-21)14-13(18)6-5-12(17)15(14)19/h5-6,11,16,20H,3-4,7-10H2,1-2H3/t11?,16-/m1/s1. The van der Waals surface area contributed by atoms with Gasteiger partial charge in [-0.3, -0.25) is 4.90 Å². The highest BCUT2D eigenvalue weighted by molar-refractivity contribution is 6.30. The Bertz CT molecular complexity index is 476. The maximum atomic E-state index is 14.5. The van der Waals surface area contributed by atoms with Crippen LogP contribution in [0.5, 0.6) is 0 Å². The fraction of sp³-hybridized carbons (Fsp3) is 0.625. The van der Waals surface area contributed by atoms with E-state index in [1.807, 2.05) is 0 Å². The lowest BCUT2D eigenvalue weighted by Crippen LogP contribution is -2.47. The van der Waals surface area contributed by atoms with Gasteiger partial charge in [-0.05, 0) is 24.5 Å². The minimum atomic E-state index is -0.608. The van der Waals surface area contributed by atoms with Crippen LogP contribution in [0.25, 0.3) is 0 Å². The zero-order valence-corrected chi connectivity index (χ0v) is 13.4. The Labute approximate surface area is 130 Å². The molecule has 1 aliphatic rings. The minimum absolute atomic E-state index is 0.00441. The van der Waals surface area contributed by atoms with Crippen molar-refractivity contribution in [3.05, 3.63) is 34.4 Å². The Morgan fingerprint density at radius 2 is 1.95 bits per heavy atom. The first-order chi connectivity index (χ1) is 10.1. The summed E-state index contributed by atoms with van der Waals surface area (Å²) in [7, 11) is 0. The van der Waals surface area contributed by atoms with Crippen LogP contribution in [0.2, 0.25) is 5.02 Å². The van der Waals surface area contributed by atoms with Gasteiger partial charge in [0.25, 0.3) is 0 Å². The lowest BCUT2D eigenvalue weighted by Gasteiger charge is -2.39. The normalized spacial score (nSPS) is 19.5. The van der Waals surface area contributed by atoms with Crippen LogP contribution in [0.4, 0.5) is 8.78 Å².